The molecule has 0 radical (unpaired) electrons. The number of nitrogens with one attached hydrogen (secondary N) is 5. The van der Waals surface area contributed by atoms with Gasteiger partial charge in [-0.05, 0) is 64.3 Å². The molecular weight excluding hydrogens is 1680 g/mol. The van der Waals surface area contributed by atoms with E-state index in [0.717, 1.165) is 238 Å². The van der Waals surface area contributed by atoms with Gasteiger partial charge in [-0.15, -0.1) is 0 Å². The van der Waals surface area contributed by atoms with Crippen molar-refractivity contribution in [2.45, 2.75) is 409 Å². The Labute approximate surface area is 757 Å². The number of amides is 5. The number of ketones is 2. The van der Waals surface area contributed by atoms with Crippen molar-refractivity contribution in [2.75, 3.05) is 120 Å². The van der Waals surface area contributed by atoms with Crippen LogP contribution in [0.3, 0.4) is 0 Å². The lowest BCUT2D eigenvalue weighted by Gasteiger charge is -2.42. The summed E-state index contributed by atoms with van der Waals surface area (Å²) in [7, 11) is -1.15. The fourth-order valence-corrected chi connectivity index (χ4v) is 15.4. The highest BCUT2D eigenvalue weighted by molar-refractivity contribution is 7.47. The molecule has 3 aliphatic rings. The van der Waals surface area contributed by atoms with E-state index >= 15 is 0 Å². The molecule has 3 fully saturated rings. The average Bonchev–Trinajstić information content (AvgIpc) is 0.823. The van der Waals surface area contributed by atoms with Crippen LogP contribution in [0.4, 0.5) is 0 Å². The van der Waals surface area contributed by atoms with Crippen molar-refractivity contribution < 1.29 is 145 Å². The Morgan fingerprint density at radius 3 is 1.09 bits per heavy atom. The number of carbonyl (C=O) groups is 7. The van der Waals surface area contributed by atoms with Crippen LogP contribution in [-0.2, 0) is 94.5 Å². The highest BCUT2D eigenvalue weighted by atomic mass is 31.2. The number of hydrogen-bond donors (Lipinski definition) is 16. The van der Waals surface area contributed by atoms with Crippen molar-refractivity contribution in [3.05, 3.63) is 0 Å². The Bertz CT molecular complexity index is 2700. The molecule has 16 atom stereocenters. The third-order valence-electron chi connectivity index (χ3n) is 22.5. The molecule has 7 unspecified atom stereocenters. The number of phosphoric acid groups is 1. The van der Waals surface area contributed by atoms with Gasteiger partial charge in [-0.3, -0.25) is 42.6 Å². The van der Waals surface area contributed by atoms with Crippen molar-refractivity contribution in [3.63, 3.8) is 0 Å². The van der Waals surface area contributed by atoms with Crippen LogP contribution >= 0.6 is 7.82 Å². The molecule has 0 aromatic heterocycles. The maximum absolute atomic E-state index is 13.8. The standard InChI is InChI=1S/C81H149N5O26.C7H18NO4P.C2H6/c1-59-72(97)73(98)64(52-87)110-78(59)107-46-34-28-22-18-12-9-15-21-27-33-45-82-68(95)44-51-106-57-81(86-69(96)41-37-40-67(94)83-58-103-4,55-104-49-42-62(92)38-31-25-19-13-7-5-10-16-23-29-35-47-108-79-70(84-60(2)90)76(101)74(99)65(53-88)111-79)56-105-50-43-63(93)39-32-26-20-14-8-6-11-17-24-30-36-48-109-80-71(85-61(3)91)77(102)75(100)66(54-89)112-80;1-11-13(9,10)12-7-5-3-2-4-6-8;1-2/h59,64-66,70-80,87-89,97-102H,5-58H2,1-4H3,(H,82,95)(H,83,94)(H,84,90)(H,85,91)(H,86,96);2-8H2,1H3,(H,9,10);1-2H3/t59?,64?,65?,66?,70?,71?,72-,73+,74+,75+,76-,77-,78-,79-,80-,81?;;/m1../s1. The zero-order valence-electron chi connectivity index (χ0n) is 78.2. The number of hydrogen-bond acceptors (Lipinski definition) is 30. The van der Waals surface area contributed by atoms with E-state index in [1.165, 1.54) is 21.0 Å². The Balaban J connectivity index is 0.00000490. The third-order valence-corrected chi connectivity index (χ3v) is 23.5. The molecule has 748 valence electrons. The summed E-state index contributed by atoms with van der Waals surface area (Å²) in [4.78, 5) is 97.8. The lowest BCUT2D eigenvalue weighted by Crippen LogP contribution is -2.64. The maximum atomic E-state index is 13.8. The van der Waals surface area contributed by atoms with E-state index < -0.39 is 137 Å². The van der Waals surface area contributed by atoms with E-state index in [4.69, 9.17) is 58.0 Å². The largest absolute Gasteiger partial charge is 0.471 e. The predicted molar refractivity (Wildman–Crippen MR) is 478 cm³/mol. The molecule has 0 aromatic rings. The number of ether oxygens (including phenoxy) is 10. The van der Waals surface area contributed by atoms with Crippen molar-refractivity contribution in [2.24, 2.45) is 11.7 Å². The summed E-state index contributed by atoms with van der Waals surface area (Å²) >= 11 is 0. The Kier molecular flexibility index (Phi) is 74.6. The fraction of sp³-hybridized carbons (Fsp3) is 0.922. The van der Waals surface area contributed by atoms with E-state index in [0.29, 0.717) is 45.8 Å². The molecule has 3 rings (SSSR count). The first kappa shape index (κ1) is 121. The van der Waals surface area contributed by atoms with Gasteiger partial charge in [0.15, 0.2) is 18.9 Å². The van der Waals surface area contributed by atoms with Gasteiger partial charge in [-0.2, -0.15) is 0 Å². The quantitative estimate of drug-likeness (QED) is 0.0157. The molecule has 127 heavy (non-hydrogen) atoms. The van der Waals surface area contributed by atoms with Gasteiger partial charge < -0.3 is 131 Å². The number of phosphoric ester groups is 1. The van der Waals surface area contributed by atoms with Crippen LogP contribution in [0.2, 0.25) is 0 Å². The minimum Gasteiger partial charge on any atom is -0.394 e. The van der Waals surface area contributed by atoms with Crippen molar-refractivity contribution >= 4 is 48.9 Å². The molecule has 37 heteroatoms. The lowest BCUT2D eigenvalue weighted by atomic mass is 9.92. The third kappa shape index (κ3) is 59.4. The summed E-state index contributed by atoms with van der Waals surface area (Å²) in [6, 6.07) is -1.92. The number of aliphatic hydroxyl groups is 9. The second kappa shape index (κ2) is 78.3. The molecular formula is C90H173N6O30P. The monoisotopic (exact) mass is 1850 g/mol. The first-order valence-corrected chi connectivity index (χ1v) is 49.3. The molecule has 5 amide bonds. The van der Waals surface area contributed by atoms with Gasteiger partial charge in [0.25, 0.3) is 0 Å². The smallest absolute Gasteiger partial charge is 0.394 e. The van der Waals surface area contributed by atoms with Crippen molar-refractivity contribution in [3.8, 4) is 0 Å². The average molecular weight is 1850 g/mol. The summed E-state index contributed by atoms with van der Waals surface area (Å²) in [5, 5.41) is 104. The van der Waals surface area contributed by atoms with Crippen LogP contribution in [0.5, 0.6) is 0 Å². The first-order valence-electron chi connectivity index (χ1n) is 47.8. The highest BCUT2D eigenvalue weighted by Crippen LogP contribution is 2.42. The summed E-state index contributed by atoms with van der Waals surface area (Å²) in [6.07, 6.45) is 24.1. The molecule has 0 aromatic carbocycles. The van der Waals surface area contributed by atoms with Crippen LogP contribution < -0.4 is 32.3 Å². The number of Topliss-reactive ketones (excluding diaryl/α,β-unsaturated/α-hetero) is 2. The number of carbonyl (C=O) groups excluding carboxylic acids is 7. The number of nitrogens with two attached hydrogens (primary N) is 1. The van der Waals surface area contributed by atoms with Gasteiger partial charge in [0.05, 0.1) is 72.2 Å². The Morgan fingerprint density at radius 1 is 0.386 bits per heavy atom. The second-order valence-electron chi connectivity index (χ2n) is 33.6. The number of rotatable bonds is 79. The van der Waals surface area contributed by atoms with Crippen LogP contribution in [0.1, 0.15) is 317 Å². The molecule has 3 aliphatic heterocycles. The summed E-state index contributed by atoms with van der Waals surface area (Å²) in [5.41, 5.74) is 4.02. The van der Waals surface area contributed by atoms with E-state index in [1.807, 2.05) is 13.8 Å². The van der Waals surface area contributed by atoms with Gasteiger partial charge in [-0.25, -0.2) is 4.57 Å². The van der Waals surface area contributed by atoms with E-state index in [-0.39, 0.29) is 121 Å². The van der Waals surface area contributed by atoms with Crippen molar-refractivity contribution in [1.82, 2.24) is 26.6 Å². The minimum atomic E-state index is -3.75. The van der Waals surface area contributed by atoms with E-state index in [9.17, 15) is 84.1 Å². The predicted octanol–water partition coefficient (Wildman–Crippen LogP) is 7.78. The molecule has 36 nitrogen and oxygen atoms in total. The molecule has 3 saturated heterocycles. The number of unbranched alkanes of at least 4 members (excludes halogenated alkanes) is 32. The van der Waals surface area contributed by atoms with E-state index in [2.05, 4.69) is 35.6 Å². The summed E-state index contributed by atoms with van der Waals surface area (Å²) < 4.78 is 77.5. The maximum Gasteiger partial charge on any atom is 0.471 e. The summed E-state index contributed by atoms with van der Waals surface area (Å²) in [5.74, 6) is -1.92. The Hall–Kier alpha value is -4.00. The number of aliphatic hydroxyl groups excluding tert-OH is 9. The van der Waals surface area contributed by atoms with Crippen LogP contribution in [0.25, 0.3) is 0 Å². The topological polar surface area (TPSA) is 536 Å². The second-order valence-corrected chi connectivity index (χ2v) is 35.2. The minimum absolute atomic E-state index is 0.00468. The van der Waals surface area contributed by atoms with Crippen LogP contribution in [-0.4, -0.2) is 303 Å². The normalized spacial score (nSPS) is 23.2. The fourth-order valence-electron chi connectivity index (χ4n) is 14.9. The Morgan fingerprint density at radius 2 is 0.717 bits per heavy atom. The van der Waals surface area contributed by atoms with E-state index in [1.54, 1.807) is 6.92 Å². The SMILES string of the molecule is CC.COCNC(=O)CCCC(=O)NC(COCCC(=O)CCCCCCCCCCCCCO[C@@H]1OC(CO)[C@H](O)[C@H](O)C1NC(C)=O)(COCCC(=O)CCCCCCCCCCCCCO[C@@H]1OC(CO)[C@H](O)[C@H](O)C1NC(C)=O)COCCC(=O)NCCCCCCCCCCCCO[C@@H]1OC(CO)[C@H](O)[C@H](O)C1C.COP(=O)(O)OCCCCCCN. The van der Waals surface area contributed by atoms with Gasteiger partial charge in [0, 0.05) is 105 Å². The molecule has 0 saturated carbocycles. The zero-order valence-corrected chi connectivity index (χ0v) is 79.1. The lowest BCUT2D eigenvalue weighted by molar-refractivity contribution is -0.282. The molecule has 3 heterocycles. The molecule has 0 bridgehead atoms. The molecule has 17 N–H and O–H groups in total. The van der Waals surface area contributed by atoms with Crippen LogP contribution in [0.15, 0.2) is 0 Å². The molecule has 0 spiro atoms. The van der Waals surface area contributed by atoms with Gasteiger partial charge in [-0.1, -0.05) is 201 Å². The zero-order chi connectivity index (χ0) is 94.1. The van der Waals surface area contributed by atoms with Gasteiger partial charge >= 0.3 is 7.82 Å². The van der Waals surface area contributed by atoms with Crippen molar-refractivity contribution in [1.29, 1.82) is 0 Å². The number of methoxy groups -OCH3 is 1. The highest BCUT2D eigenvalue weighted by Gasteiger charge is 2.47. The van der Waals surface area contributed by atoms with Gasteiger partial charge in [0.2, 0.25) is 29.5 Å². The first-order chi connectivity index (χ1) is 61.2. The van der Waals surface area contributed by atoms with Crippen LogP contribution in [0, 0.1) is 5.92 Å². The molecule has 0 aliphatic carbocycles. The summed E-state index contributed by atoms with van der Waals surface area (Å²) in [6.45, 7) is 9.51. The van der Waals surface area contributed by atoms with Gasteiger partial charge in [0.1, 0.15) is 84.8 Å².